The number of ether oxygens (including phenoxy) is 4. The fraction of sp³-hybridized carbons (Fsp3) is 0.655. The van der Waals surface area contributed by atoms with Crippen molar-refractivity contribution in [1.82, 2.24) is 14.8 Å². The molecule has 2 N–H and O–H groups in total. The largest absolute Gasteiger partial charge is 0.493 e. The fourth-order valence-electron chi connectivity index (χ4n) is 8.75. The Bertz CT molecular complexity index is 2330. The fourth-order valence-corrected chi connectivity index (χ4v) is 10.9. The lowest BCUT2D eigenvalue weighted by Gasteiger charge is -2.51. The minimum atomic E-state index is -4.78. The SMILES string of the molecule is BrCCCBr.C.CCC[C@H]1N(C(=O)c2cnccc2C(F)(F)F)CCC[C@@]1(Oc1csc(C)c1)C(=O)N1CCC(O)(c2ccccc2OCCCC(C)(C)C(=O)O)CC1.CCOC(=O)C(C)(C)CCCBr.CCOC(=O)C(C)C. The maximum absolute atomic E-state index is 14.9. The molecule has 3 aromatic rings. The molecule has 14 nitrogen and oxygen atoms in total. The second-order valence-electron chi connectivity index (χ2n) is 20.7. The van der Waals surface area contributed by atoms with Crippen LogP contribution < -0.4 is 9.47 Å². The summed E-state index contributed by atoms with van der Waals surface area (Å²) in [5.41, 5.74) is -5.26. The summed E-state index contributed by atoms with van der Waals surface area (Å²) in [4.78, 5) is 70.2. The van der Waals surface area contributed by atoms with Gasteiger partial charge in [-0.2, -0.15) is 13.2 Å². The van der Waals surface area contributed by atoms with Crippen LogP contribution >= 0.6 is 59.1 Å². The molecule has 79 heavy (non-hydrogen) atoms. The molecule has 2 amide bonds. The predicted molar refractivity (Wildman–Crippen MR) is 317 cm³/mol. The van der Waals surface area contributed by atoms with Gasteiger partial charge < -0.3 is 39.0 Å². The van der Waals surface area contributed by atoms with Gasteiger partial charge in [0.1, 0.15) is 11.5 Å². The number of aliphatic hydroxyl groups is 1. The second-order valence-corrected chi connectivity index (χ2v) is 24.2. The minimum absolute atomic E-state index is 0. The van der Waals surface area contributed by atoms with Gasteiger partial charge in [-0.1, -0.05) is 101 Å². The molecule has 21 heteroatoms. The van der Waals surface area contributed by atoms with Crippen LogP contribution in [0.4, 0.5) is 13.2 Å². The number of halogens is 6. The lowest BCUT2D eigenvalue weighted by Crippen LogP contribution is -2.68. The molecule has 1 aromatic carbocycles. The topological polar surface area (TPSA) is 182 Å². The number of amides is 2. The van der Waals surface area contributed by atoms with E-state index in [0.717, 1.165) is 52.2 Å². The summed E-state index contributed by atoms with van der Waals surface area (Å²) in [5, 5.41) is 26.4. The summed E-state index contributed by atoms with van der Waals surface area (Å²) >= 11 is 11.3. The number of nitrogens with zero attached hydrogens (tertiary/aromatic N) is 3. The number of esters is 2. The van der Waals surface area contributed by atoms with Crippen molar-refractivity contribution in [2.75, 3.05) is 55.4 Å². The molecular weight excluding hydrogens is 1240 g/mol. The van der Waals surface area contributed by atoms with Gasteiger partial charge in [0.15, 0.2) is 0 Å². The summed E-state index contributed by atoms with van der Waals surface area (Å²) in [6.45, 7) is 19.9. The molecule has 0 radical (unpaired) electrons. The van der Waals surface area contributed by atoms with Crippen LogP contribution in [0, 0.1) is 23.7 Å². The van der Waals surface area contributed by atoms with E-state index >= 15 is 0 Å². The van der Waals surface area contributed by atoms with Crippen LogP contribution in [-0.2, 0) is 40.4 Å². The van der Waals surface area contributed by atoms with E-state index in [1.165, 1.54) is 22.7 Å². The number of rotatable bonds is 22. The number of carboxylic acid groups (broad SMARTS) is 1. The molecule has 5 rings (SSSR count). The van der Waals surface area contributed by atoms with E-state index in [2.05, 4.69) is 57.5 Å². The minimum Gasteiger partial charge on any atom is -0.493 e. The number of aryl methyl sites for hydroxylation is 1. The Morgan fingerprint density at radius 3 is 1.97 bits per heavy atom. The number of carbonyl (C=O) groups is 5. The molecule has 2 aromatic heterocycles. The molecule has 0 saturated carbocycles. The number of alkyl halides is 6. The summed E-state index contributed by atoms with van der Waals surface area (Å²) in [6.07, 6.45) is 2.88. The first-order chi connectivity index (χ1) is 36.7. The van der Waals surface area contributed by atoms with Gasteiger partial charge in [-0.3, -0.25) is 29.0 Å². The average molecular weight is 1330 g/mol. The molecule has 2 atom stereocenters. The molecular formula is C58H87Br3F3N3O11S. The van der Waals surface area contributed by atoms with Gasteiger partial charge >= 0.3 is 24.1 Å². The number of para-hydroxylation sites is 1. The van der Waals surface area contributed by atoms with Crippen molar-refractivity contribution in [1.29, 1.82) is 0 Å². The number of hydrogen-bond acceptors (Lipinski definition) is 12. The number of hydrogen-bond donors (Lipinski definition) is 2. The number of thiophene rings is 1. The Balaban J connectivity index is 0.000000991. The number of likely N-dealkylation sites (tertiary alicyclic amines) is 2. The number of aliphatic carboxylic acids is 1. The Kier molecular flexibility index (Phi) is 32.7. The predicted octanol–water partition coefficient (Wildman–Crippen LogP) is 14.2. The highest BCUT2D eigenvalue weighted by molar-refractivity contribution is 9.09. The summed E-state index contributed by atoms with van der Waals surface area (Å²) in [7, 11) is 0. The molecule has 0 aliphatic carbocycles. The van der Waals surface area contributed by atoms with E-state index in [0.29, 0.717) is 62.4 Å². The van der Waals surface area contributed by atoms with E-state index in [4.69, 9.17) is 14.2 Å². The van der Waals surface area contributed by atoms with Gasteiger partial charge in [-0.25, -0.2) is 0 Å². The quantitative estimate of drug-likeness (QED) is 0.0552. The van der Waals surface area contributed by atoms with Gasteiger partial charge in [-0.05, 0) is 124 Å². The van der Waals surface area contributed by atoms with Crippen LogP contribution in [0.25, 0.3) is 0 Å². The highest BCUT2D eigenvalue weighted by Gasteiger charge is 2.56. The number of benzene rings is 1. The first-order valence-electron chi connectivity index (χ1n) is 26.7. The number of carbonyl (C=O) groups excluding carboxylic acids is 4. The van der Waals surface area contributed by atoms with Crippen molar-refractivity contribution in [3.63, 3.8) is 0 Å². The molecule has 4 heterocycles. The van der Waals surface area contributed by atoms with Crippen molar-refractivity contribution >= 4 is 88.8 Å². The highest BCUT2D eigenvalue weighted by atomic mass is 79.9. The Morgan fingerprint density at radius 2 is 1.47 bits per heavy atom. The van der Waals surface area contributed by atoms with E-state index in [9.17, 15) is 47.4 Å². The van der Waals surface area contributed by atoms with Crippen molar-refractivity contribution in [2.45, 2.75) is 171 Å². The van der Waals surface area contributed by atoms with E-state index in [1.54, 1.807) is 61.4 Å². The first kappa shape index (κ1) is 73.2. The van der Waals surface area contributed by atoms with Crippen LogP contribution in [0.1, 0.15) is 167 Å². The van der Waals surface area contributed by atoms with Gasteiger partial charge in [0.2, 0.25) is 5.60 Å². The zero-order valence-corrected chi connectivity index (χ0v) is 52.7. The number of piperidine rings is 2. The van der Waals surface area contributed by atoms with Gasteiger partial charge in [0.25, 0.3) is 11.8 Å². The van der Waals surface area contributed by atoms with E-state index < -0.39 is 51.8 Å². The van der Waals surface area contributed by atoms with Gasteiger partial charge in [0, 0.05) is 70.3 Å². The molecule has 2 saturated heterocycles. The smallest absolute Gasteiger partial charge is 0.417 e. The normalized spacial score (nSPS) is 17.0. The number of pyridine rings is 1. The Hall–Kier alpha value is -3.79. The number of carboxylic acids is 1. The third-order valence-corrected chi connectivity index (χ3v) is 15.8. The second kappa shape index (κ2) is 35.3. The third-order valence-electron chi connectivity index (χ3n) is 13.2. The summed E-state index contributed by atoms with van der Waals surface area (Å²) < 4.78 is 64.5. The van der Waals surface area contributed by atoms with Crippen molar-refractivity contribution in [3.05, 3.63) is 75.7 Å². The van der Waals surface area contributed by atoms with Crippen molar-refractivity contribution in [2.24, 2.45) is 16.7 Å². The lowest BCUT2D eigenvalue weighted by molar-refractivity contribution is -0.163. The molecule has 2 aliphatic heterocycles. The van der Waals surface area contributed by atoms with Crippen LogP contribution in [0.5, 0.6) is 11.5 Å². The highest BCUT2D eigenvalue weighted by Crippen LogP contribution is 2.43. The van der Waals surface area contributed by atoms with Gasteiger partial charge in [0.05, 0.1) is 59.3 Å². The maximum atomic E-state index is 14.9. The summed E-state index contributed by atoms with van der Waals surface area (Å²) in [5.74, 6) is -1.40. The van der Waals surface area contributed by atoms with Crippen molar-refractivity contribution < 1.29 is 66.3 Å². The first-order valence-corrected chi connectivity index (χ1v) is 31.0. The zero-order chi connectivity index (χ0) is 58.9. The standard InChI is InChI=1S/C39H48F3N3O7S.C9H17BrO2.C6H12O2.C3H6Br2.CH4/c1-5-10-32-38(52-27-23-26(2)53-25-27,15-8-19-45(32)33(46)28-24-43-18-13-29(28)39(40,41)42)34(47)44-20-16-37(50,17-21-44)30-11-6-7-12-31(30)51-22-9-14-36(3,4)35(48)49;1-4-12-8(11)9(2,3)6-5-7-10;1-4-8-6(7)5(2)3;4-2-1-3-5;/h6-7,11-13,18,23-25,32,50H,5,8-10,14-17,19-22H2,1-4H3,(H,48,49);4-7H2,1-3H3;5H,4H2,1-3H3;1-3H2;1H4/t32-,38+;;;;/m1..../s1. The summed E-state index contributed by atoms with van der Waals surface area (Å²) in [6, 6.07) is 8.84. The maximum Gasteiger partial charge on any atom is 0.417 e. The van der Waals surface area contributed by atoms with Crippen molar-refractivity contribution in [3.8, 4) is 11.5 Å². The molecule has 0 unspecified atom stereocenters. The molecule has 448 valence electrons. The van der Waals surface area contributed by atoms with Crippen LogP contribution in [0.3, 0.4) is 0 Å². The number of aromatic nitrogens is 1. The van der Waals surface area contributed by atoms with Crippen LogP contribution in [-0.4, -0.2) is 122 Å². The monoisotopic (exact) mass is 1330 g/mol. The third kappa shape index (κ3) is 22.5. The molecule has 0 spiro atoms. The zero-order valence-electron chi connectivity index (χ0n) is 47.1. The molecule has 2 aliphatic rings. The molecule has 2 fully saturated rings. The van der Waals surface area contributed by atoms with Gasteiger partial charge in [-0.15, -0.1) is 11.3 Å². The van der Waals surface area contributed by atoms with Crippen LogP contribution in [0.15, 0.2) is 54.2 Å². The average Bonchev–Trinajstić information content (AvgIpc) is 3.81. The lowest BCUT2D eigenvalue weighted by atomic mass is 9.78. The Morgan fingerprint density at radius 1 is 0.861 bits per heavy atom. The molecule has 0 bridgehead atoms. The van der Waals surface area contributed by atoms with E-state index in [1.807, 2.05) is 48.5 Å². The van der Waals surface area contributed by atoms with Crippen LogP contribution in [0.2, 0.25) is 0 Å². The van der Waals surface area contributed by atoms with E-state index in [-0.39, 0.29) is 82.1 Å². The Labute approximate surface area is 497 Å².